The Morgan fingerprint density at radius 2 is 1.79 bits per heavy atom. The molecule has 1 aromatic heterocycles. The summed E-state index contributed by atoms with van der Waals surface area (Å²) in [6.07, 6.45) is 0. The molecule has 0 atom stereocenters. The normalized spacial score (nSPS) is 10.7. The molecule has 6 nitrogen and oxygen atoms in total. The molecule has 0 saturated heterocycles. The predicted octanol–water partition coefficient (Wildman–Crippen LogP) is 4.51. The molecule has 144 valence electrons. The smallest absolute Gasteiger partial charge is 0.275 e. The monoisotopic (exact) mass is 454 g/mol. The maximum absolute atomic E-state index is 12.3. The number of carbonyl (C=O) groups excluding carboxylic acids is 1. The Labute approximate surface area is 179 Å². The second kappa shape index (κ2) is 8.87. The fourth-order valence-electron chi connectivity index (χ4n) is 2.33. The number of thioether (sulfide) groups is 1. The van der Waals surface area contributed by atoms with Crippen LogP contribution in [0.3, 0.4) is 0 Å². The zero-order chi connectivity index (χ0) is 20.3. The van der Waals surface area contributed by atoms with Crippen molar-refractivity contribution < 1.29 is 4.79 Å². The number of amides is 1. The van der Waals surface area contributed by atoms with Gasteiger partial charge in [-0.3, -0.25) is 14.2 Å². The van der Waals surface area contributed by atoms with Gasteiger partial charge in [-0.05, 0) is 42.5 Å². The lowest BCUT2D eigenvalue weighted by molar-refractivity contribution is -0.113. The molecule has 10 heteroatoms. The third-order valence-electron chi connectivity index (χ3n) is 3.55. The highest BCUT2D eigenvalue weighted by molar-refractivity contribution is 7.99. The van der Waals surface area contributed by atoms with Crippen molar-refractivity contribution in [2.75, 3.05) is 16.8 Å². The number of nitrogens with zero attached hydrogens (tertiary/aromatic N) is 2. The van der Waals surface area contributed by atoms with Crippen LogP contribution in [-0.2, 0) is 4.79 Å². The van der Waals surface area contributed by atoms with E-state index in [0.29, 0.717) is 26.4 Å². The Kier molecular flexibility index (Phi) is 6.51. The molecule has 0 fully saturated rings. The van der Waals surface area contributed by atoms with Gasteiger partial charge in [0.2, 0.25) is 5.91 Å². The molecule has 3 aromatic rings. The van der Waals surface area contributed by atoms with Gasteiger partial charge in [-0.25, -0.2) is 0 Å². The topological polar surface area (TPSA) is 90.0 Å². The predicted molar refractivity (Wildman–Crippen MR) is 115 cm³/mol. The highest BCUT2D eigenvalue weighted by Gasteiger charge is 2.13. The van der Waals surface area contributed by atoms with E-state index in [9.17, 15) is 9.59 Å². The molecule has 3 N–H and O–H groups in total. The number of nitrogen functional groups attached to an aromatic ring is 1. The van der Waals surface area contributed by atoms with E-state index >= 15 is 0 Å². The van der Waals surface area contributed by atoms with E-state index in [1.807, 2.05) is 0 Å². The fourth-order valence-corrected chi connectivity index (χ4v) is 3.58. The van der Waals surface area contributed by atoms with Gasteiger partial charge in [-0.1, -0.05) is 46.6 Å². The van der Waals surface area contributed by atoms with Gasteiger partial charge in [0.25, 0.3) is 5.56 Å². The van der Waals surface area contributed by atoms with Crippen LogP contribution in [0.2, 0.25) is 15.1 Å². The molecule has 0 aliphatic carbocycles. The average Bonchev–Trinajstić information content (AvgIpc) is 2.64. The van der Waals surface area contributed by atoms with Crippen molar-refractivity contribution in [3.8, 4) is 5.69 Å². The first-order valence-electron chi connectivity index (χ1n) is 7.87. The second-order valence-corrected chi connectivity index (χ2v) is 7.77. The Bertz CT molecular complexity index is 1090. The number of carbonyl (C=O) groups is 1. The van der Waals surface area contributed by atoms with Crippen LogP contribution >= 0.6 is 46.6 Å². The minimum Gasteiger partial charge on any atom is -0.385 e. The molecule has 3 rings (SSSR count). The molecule has 0 aliphatic rings. The van der Waals surface area contributed by atoms with Crippen LogP contribution in [0.5, 0.6) is 0 Å². The molecule has 0 radical (unpaired) electrons. The van der Waals surface area contributed by atoms with Crippen molar-refractivity contribution >= 4 is 64.0 Å². The third kappa shape index (κ3) is 4.99. The van der Waals surface area contributed by atoms with E-state index in [-0.39, 0.29) is 22.6 Å². The van der Waals surface area contributed by atoms with Crippen LogP contribution in [0.4, 0.5) is 11.5 Å². The molecule has 0 bridgehead atoms. The lowest BCUT2D eigenvalue weighted by Crippen LogP contribution is -2.19. The summed E-state index contributed by atoms with van der Waals surface area (Å²) in [5, 5.41) is 4.29. The highest BCUT2D eigenvalue weighted by Crippen LogP contribution is 2.26. The van der Waals surface area contributed by atoms with E-state index < -0.39 is 5.56 Å². The molecule has 1 amide bonds. The average molecular weight is 456 g/mol. The zero-order valence-electron chi connectivity index (χ0n) is 14.2. The van der Waals surface area contributed by atoms with Crippen LogP contribution in [0.15, 0.2) is 58.5 Å². The Hall–Kier alpha value is -2.19. The van der Waals surface area contributed by atoms with E-state index in [1.165, 1.54) is 6.07 Å². The number of rotatable bonds is 5. The summed E-state index contributed by atoms with van der Waals surface area (Å²) in [4.78, 5) is 28.0. The minimum absolute atomic E-state index is 0.00370. The molecular weight excluding hydrogens is 443 g/mol. The summed E-state index contributed by atoms with van der Waals surface area (Å²) >= 11 is 18.8. The van der Waals surface area contributed by atoms with Crippen molar-refractivity contribution in [3.05, 3.63) is 74.0 Å². The molecule has 0 saturated carbocycles. The van der Waals surface area contributed by atoms with Crippen LogP contribution in [-0.4, -0.2) is 21.2 Å². The van der Waals surface area contributed by atoms with Crippen molar-refractivity contribution in [2.45, 2.75) is 5.16 Å². The Morgan fingerprint density at radius 1 is 1.07 bits per heavy atom. The van der Waals surface area contributed by atoms with Gasteiger partial charge in [0, 0.05) is 22.5 Å². The van der Waals surface area contributed by atoms with Gasteiger partial charge >= 0.3 is 0 Å². The first kappa shape index (κ1) is 20.5. The van der Waals surface area contributed by atoms with E-state index in [1.54, 1.807) is 47.0 Å². The maximum atomic E-state index is 12.3. The van der Waals surface area contributed by atoms with Gasteiger partial charge < -0.3 is 11.1 Å². The van der Waals surface area contributed by atoms with Gasteiger partial charge in [-0.15, -0.1) is 0 Å². The van der Waals surface area contributed by atoms with Gasteiger partial charge in [0.15, 0.2) is 5.16 Å². The summed E-state index contributed by atoms with van der Waals surface area (Å²) in [6.45, 7) is 0. The number of hydrogen-bond donors (Lipinski definition) is 2. The SMILES string of the molecule is Nc1cc(=O)nc(SCC(=O)Nc2ccc(Cl)c(Cl)c2)n1-c1ccc(Cl)cc1. The number of aromatic nitrogens is 2. The number of nitrogens with two attached hydrogens (primary N) is 1. The van der Waals surface area contributed by atoms with Crippen LogP contribution < -0.4 is 16.6 Å². The van der Waals surface area contributed by atoms with Crippen molar-refractivity contribution in [1.82, 2.24) is 9.55 Å². The molecule has 2 aromatic carbocycles. The van der Waals surface area contributed by atoms with Crippen molar-refractivity contribution in [3.63, 3.8) is 0 Å². The lowest BCUT2D eigenvalue weighted by atomic mass is 10.3. The second-order valence-electron chi connectivity index (χ2n) is 5.58. The standard InChI is InChI=1S/C18H13Cl3N4O2S/c19-10-1-4-12(5-2-10)25-15(22)8-16(26)24-18(25)28-9-17(27)23-11-3-6-13(20)14(21)7-11/h1-8H,9,22H2,(H,23,27). The summed E-state index contributed by atoms with van der Waals surface area (Å²) in [5.74, 6) is -0.0959. The summed E-state index contributed by atoms with van der Waals surface area (Å²) < 4.78 is 1.58. The van der Waals surface area contributed by atoms with E-state index in [4.69, 9.17) is 40.5 Å². The number of anilines is 2. The number of benzene rings is 2. The van der Waals surface area contributed by atoms with Gasteiger partial charge in [0.05, 0.1) is 15.8 Å². The largest absolute Gasteiger partial charge is 0.385 e. The van der Waals surface area contributed by atoms with E-state index in [2.05, 4.69) is 10.3 Å². The molecule has 28 heavy (non-hydrogen) atoms. The highest BCUT2D eigenvalue weighted by atomic mass is 35.5. The number of hydrogen-bond acceptors (Lipinski definition) is 5. The van der Waals surface area contributed by atoms with Crippen LogP contribution in [0, 0.1) is 0 Å². The molecule has 0 spiro atoms. The number of halogens is 3. The molecule has 0 unspecified atom stereocenters. The maximum Gasteiger partial charge on any atom is 0.275 e. The van der Waals surface area contributed by atoms with Crippen molar-refractivity contribution in [1.29, 1.82) is 0 Å². The minimum atomic E-state index is -0.491. The van der Waals surface area contributed by atoms with Gasteiger partial charge in [0.1, 0.15) is 5.82 Å². The van der Waals surface area contributed by atoms with Crippen LogP contribution in [0.25, 0.3) is 5.69 Å². The first-order chi connectivity index (χ1) is 13.3. The first-order valence-corrected chi connectivity index (χ1v) is 9.98. The van der Waals surface area contributed by atoms with E-state index in [0.717, 1.165) is 11.8 Å². The molecule has 0 aliphatic heterocycles. The fraction of sp³-hybridized carbons (Fsp3) is 0.0556. The Balaban J connectivity index is 1.80. The molecular formula is C18H13Cl3N4O2S. The summed E-state index contributed by atoms with van der Waals surface area (Å²) in [5.41, 5.74) is 6.69. The summed E-state index contributed by atoms with van der Waals surface area (Å²) in [6, 6.07) is 12.9. The lowest BCUT2D eigenvalue weighted by Gasteiger charge is -2.14. The quantitative estimate of drug-likeness (QED) is 0.436. The zero-order valence-corrected chi connectivity index (χ0v) is 17.2. The Morgan fingerprint density at radius 3 is 2.46 bits per heavy atom. The third-order valence-corrected chi connectivity index (χ3v) is 5.48. The van der Waals surface area contributed by atoms with Crippen molar-refractivity contribution in [2.24, 2.45) is 0 Å². The number of nitrogens with one attached hydrogen (secondary N) is 1. The van der Waals surface area contributed by atoms with Crippen LogP contribution in [0.1, 0.15) is 0 Å². The van der Waals surface area contributed by atoms with Gasteiger partial charge in [-0.2, -0.15) is 4.98 Å². The molecule has 1 heterocycles. The summed E-state index contributed by atoms with van der Waals surface area (Å²) in [7, 11) is 0.